The zero-order chi connectivity index (χ0) is 12.1. The van der Waals surface area contributed by atoms with E-state index < -0.39 is 0 Å². The molecule has 0 atom stereocenters. The van der Waals surface area contributed by atoms with Gasteiger partial charge in [-0.05, 0) is 32.1 Å². The highest BCUT2D eigenvalue weighted by Gasteiger charge is 2.08. The molecule has 0 saturated heterocycles. The summed E-state index contributed by atoms with van der Waals surface area (Å²) >= 11 is 0. The van der Waals surface area contributed by atoms with Gasteiger partial charge >= 0.3 is 0 Å². The lowest BCUT2D eigenvalue weighted by atomic mass is 10.1. The Morgan fingerprint density at radius 2 is 1.62 bits per heavy atom. The molecule has 1 saturated carbocycles. The molecule has 0 spiro atoms. The molecule has 0 heterocycles. The Balaban J connectivity index is 0.000000325. The first-order valence-electron chi connectivity index (χ1n) is 7.13. The largest absolute Gasteiger partial charge is 0.103 e. The van der Waals surface area contributed by atoms with Crippen molar-refractivity contribution in [1.29, 1.82) is 0 Å². The quantitative estimate of drug-likeness (QED) is 0.347. The van der Waals surface area contributed by atoms with Gasteiger partial charge < -0.3 is 0 Å². The Kier molecular flexibility index (Phi) is 12.1. The SMILES string of the molecule is C=CCCCC.CCCCCCC=C1CC1. The maximum atomic E-state index is 3.60. The average Bonchev–Trinajstić information content (AvgIpc) is 3.11. The molecule has 0 aromatic carbocycles. The minimum Gasteiger partial charge on any atom is -0.103 e. The summed E-state index contributed by atoms with van der Waals surface area (Å²) in [5.41, 5.74) is 1.71. The van der Waals surface area contributed by atoms with Gasteiger partial charge in [-0.2, -0.15) is 0 Å². The molecule has 0 unspecified atom stereocenters. The minimum atomic E-state index is 1.18. The molecule has 0 N–H and O–H groups in total. The number of unbranched alkanes of at least 4 members (excludes halogenated alkanes) is 6. The first-order chi connectivity index (χ1) is 7.85. The molecule has 0 heteroatoms. The van der Waals surface area contributed by atoms with Crippen molar-refractivity contribution in [2.45, 2.75) is 78.1 Å². The van der Waals surface area contributed by atoms with Crippen LogP contribution in [0.1, 0.15) is 78.1 Å². The third-order valence-corrected chi connectivity index (χ3v) is 2.79. The van der Waals surface area contributed by atoms with Crippen LogP contribution in [0.3, 0.4) is 0 Å². The van der Waals surface area contributed by atoms with E-state index in [1.807, 2.05) is 6.08 Å². The van der Waals surface area contributed by atoms with Gasteiger partial charge in [-0.25, -0.2) is 0 Å². The van der Waals surface area contributed by atoms with Crippen molar-refractivity contribution in [3.05, 3.63) is 24.3 Å². The zero-order valence-electron chi connectivity index (χ0n) is 11.4. The van der Waals surface area contributed by atoms with E-state index in [4.69, 9.17) is 0 Å². The fourth-order valence-electron chi connectivity index (χ4n) is 1.50. The van der Waals surface area contributed by atoms with Gasteiger partial charge in [0.15, 0.2) is 0 Å². The second-order valence-electron chi connectivity index (χ2n) is 4.64. The van der Waals surface area contributed by atoms with Crippen molar-refractivity contribution < 1.29 is 0 Å². The second kappa shape index (κ2) is 12.5. The molecule has 0 nitrogen and oxygen atoms in total. The van der Waals surface area contributed by atoms with Crippen LogP contribution in [0.5, 0.6) is 0 Å². The highest BCUT2D eigenvalue weighted by atomic mass is 14.1. The van der Waals surface area contributed by atoms with Crippen LogP contribution in [-0.2, 0) is 0 Å². The van der Waals surface area contributed by atoms with Crippen molar-refractivity contribution in [3.63, 3.8) is 0 Å². The summed E-state index contributed by atoms with van der Waals surface area (Å²) in [5.74, 6) is 0. The first-order valence-corrected chi connectivity index (χ1v) is 7.13. The fourth-order valence-corrected chi connectivity index (χ4v) is 1.50. The summed E-state index contributed by atoms with van der Waals surface area (Å²) in [7, 11) is 0. The highest BCUT2D eigenvalue weighted by molar-refractivity contribution is 5.15. The first kappa shape index (κ1) is 15.5. The van der Waals surface area contributed by atoms with Crippen LogP contribution in [-0.4, -0.2) is 0 Å². The summed E-state index contributed by atoms with van der Waals surface area (Å²) in [6.45, 7) is 8.05. The molecule has 0 radical (unpaired) electrons. The fraction of sp³-hybridized carbons (Fsp3) is 0.750. The van der Waals surface area contributed by atoms with E-state index in [0.29, 0.717) is 0 Å². The highest BCUT2D eigenvalue weighted by Crippen LogP contribution is 2.28. The van der Waals surface area contributed by atoms with Crippen molar-refractivity contribution in [2.24, 2.45) is 0 Å². The molecule has 0 aromatic rings. The maximum absolute atomic E-state index is 3.60. The third-order valence-electron chi connectivity index (χ3n) is 2.79. The van der Waals surface area contributed by atoms with Gasteiger partial charge in [-0.1, -0.05) is 63.7 Å². The van der Waals surface area contributed by atoms with Crippen LogP contribution in [0.2, 0.25) is 0 Å². The lowest BCUT2D eigenvalue weighted by molar-refractivity contribution is 0.674. The second-order valence-corrected chi connectivity index (χ2v) is 4.64. The molecule has 1 fully saturated rings. The Labute approximate surface area is 103 Å². The van der Waals surface area contributed by atoms with Crippen molar-refractivity contribution in [3.8, 4) is 0 Å². The van der Waals surface area contributed by atoms with E-state index >= 15 is 0 Å². The van der Waals surface area contributed by atoms with Gasteiger partial charge in [0.2, 0.25) is 0 Å². The molecule has 1 aliphatic carbocycles. The minimum absolute atomic E-state index is 1.18. The number of hydrogen-bond acceptors (Lipinski definition) is 0. The molecule has 0 aromatic heterocycles. The van der Waals surface area contributed by atoms with Crippen LogP contribution in [0.4, 0.5) is 0 Å². The number of rotatable bonds is 8. The van der Waals surface area contributed by atoms with Crippen LogP contribution in [0.25, 0.3) is 0 Å². The molecular formula is C16H30. The lowest BCUT2D eigenvalue weighted by Crippen LogP contribution is -1.72. The Morgan fingerprint density at radius 3 is 2.06 bits per heavy atom. The van der Waals surface area contributed by atoms with Gasteiger partial charge in [0.25, 0.3) is 0 Å². The third kappa shape index (κ3) is 13.5. The summed E-state index contributed by atoms with van der Waals surface area (Å²) in [6, 6.07) is 0. The van der Waals surface area contributed by atoms with Gasteiger partial charge in [0.05, 0.1) is 0 Å². The van der Waals surface area contributed by atoms with Gasteiger partial charge in [0.1, 0.15) is 0 Å². The van der Waals surface area contributed by atoms with E-state index in [1.165, 1.54) is 64.2 Å². The molecule has 0 bridgehead atoms. The monoisotopic (exact) mass is 222 g/mol. The van der Waals surface area contributed by atoms with Gasteiger partial charge in [0, 0.05) is 0 Å². The van der Waals surface area contributed by atoms with Crippen molar-refractivity contribution >= 4 is 0 Å². The van der Waals surface area contributed by atoms with Crippen LogP contribution in [0.15, 0.2) is 24.3 Å². The number of hydrogen-bond donors (Lipinski definition) is 0. The molecule has 94 valence electrons. The van der Waals surface area contributed by atoms with Gasteiger partial charge in [-0.15, -0.1) is 6.58 Å². The zero-order valence-corrected chi connectivity index (χ0v) is 11.4. The van der Waals surface area contributed by atoms with E-state index in [1.54, 1.807) is 5.57 Å². The lowest BCUT2D eigenvalue weighted by Gasteiger charge is -1.92. The Morgan fingerprint density at radius 1 is 0.938 bits per heavy atom. The molecule has 1 aliphatic rings. The molecule has 16 heavy (non-hydrogen) atoms. The van der Waals surface area contributed by atoms with E-state index in [2.05, 4.69) is 26.5 Å². The molecular weight excluding hydrogens is 192 g/mol. The smallest absolute Gasteiger partial charge is 0.0283 e. The normalized spacial score (nSPS) is 12.8. The van der Waals surface area contributed by atoms with E-state index in [9.17, 15) is 0 Å². The van der Waals surface area contributed by atoms with E-state index in [0.717, 1.165) is 0 Å². The van der Waals surface area contributed by atoms with E-state index in [-0.39, 0.29) is 0 Å². The summed E-state index contributed by atoms with van der Waals surface area (Å²) in [5, 5.41) is 0. The molecule has 0 aliphatic heterocycles. The van der Waals surface area contributed by atoms with Crippen LogP contribution in [0, 0.1) is 0 Å². The molecule has 0 amide bonds. The van der Waals surface area contributed by atoms with Gasteiger partial charge in [-0.3, -0.25) is 0 Å². The summed E-state index contributed by atoms with van der Waals surface area (Å²) in [6.07, 6.45) is 17.9. The van der Waals surface area contributed by atoms with Crippen LogP contribution < -0.4 is 0 Å². The Hall–Kier alpha value is -0.520. The predicted octanol–water partition coefficient (Wildman–Crippen LogP) is 6.04. The standard InChI is InChI=1S/C10H18.C6H12/c1-2-3-4-5-6-7-10-8-9-10;1-3-5-6-4-2/h7H,2-6,8-9H2,1H3;3H,1,4-6H2,2H3. The van der Waals surface area contributed by atoms with Crippen molar-refractivity contribution in [1.82, 2.24) is 0 Å². The van der Waals surface area contributed by atoms with Crippen molar-refractivity contribution in [2.75, 3.05) is 0 Å². The summed E-state index contributed by atoms with van der Waals surface area (Å²) < 4.78 is 0. The molecule has 1 rings (SSSR count). The number of allylic oxidation sites excluding steroid dienone is 3. The predicted molar refractivity (Wildman–Crippen MR) is 75.8 cm³/mol. The Bertz CT molecular complexity index is 170. The maximum Gasteiger partial charge on any atom is -0.0283 e. The topological polar surface area (TPSA) is 0 Å². The average molecular weight is 222 g/mol. The summed E-state index contributed by atoms with van der Waals surface area (Å²) in [4.78, 5) is 0. The van der Waals surface area contributed by atoms with Crippen LogP contribution >= 0.6 is 0 Å².